The second kappa shape index (κ2) is 8.11. The number of hydrogen-bond donors (Lipinski definition) is 0. The molecule has 0 fully saturated rings. The zero-order chi connectivity index (χ0) is 19.2. The third-order valence-corrected chi connectivity index (χ3v) is 4.09. The summed E-state index contributed by atoms with van der Waals surface area (Å²) in [4.78, 5) is 4.52. The summed E-state index contributed by atoms with van der Waals surface area (Å²) in [6.45, 7) is 0.127. The highest BCUT2D eigenvalue weighted by molar-refractivity contribution is 5.64. The molecule has 136 valence electrons. The molecule has 0 spiro atoms. The molecule has 4 aromatic rings. The van der Waals surface area contributed by atoms with E-state index in [1.165, 1.54) is 0 Å². The van der Waals surface area contributed by atoms with Gasteiger partial charge in [0.15, 0.2) is 0 Å². The standard InChI is InChI=1S/C23H16N2O3/c24-14-17-5-4-6-19(13-17)22-15-26-23(25-22)18-9-11-21(12-10-18)28-16-27-20-7-2-1-3-8-20/h1-13,15H,16H2. The zero-order valence-corrected chi connectivity index (χ0v) is 14.9. The largest absolute Gasteiger partial charge is 0.458 e. The van der Waals surface area contributed by atoms with Crippen LogP contribution in [0.5, 0.6) is 11.5 Å². The molecule has 5 heteroatoms. The molecule has 4 rings (SSSR count). The minimum atomic E-state index is 0.127. The van der Waals surface area contributed by atoms with Crippen molar-refractivity contribution in [3.63, 3.8) is 0 Å². The molecule has 0 aliphatic carbocycles. The van der Waals surface area contributed by atoms with Gasteiger partial charge in [-0.05, 0) is 48.5 Å². The van der Waals surface area contributed by atoms with Gasteiger partial charge in [-0.2, -0.15) is 5.26 Å². The van der Waals surface area contributed by atoms with Gasteiger partial charge in [-0.3, -0.25) is 0 Å². The molecule has 0 aliphatic rings. The van der Waals surface area contributed by atoms with Crippen molar-refractivity contribution in [2.75, 3.05) is 6.79 Å². The van der Waals surface area contributed by atoms with E-state index in [1.807, 2.05) is 66.7 Å². The lowest BCUT2D eigenvalue weighted by Crippen LogP contribution is -2.05. The van der Waals surface area contributed by atoms with Gasteiger partial charge in [-0.1, -0.05) is 30.3 Å². The second-order valence-corrected chi connectivity index (χ2v) is 5.97. The van der Waals surface area contributed by atoms with Crippen LogP contribution in [-0.2, 0) is 0 Å². The van der Waals surface area contributed by atoms with E-state index in [4.69, 9.17) is 19.2 Å². The fourth-order valence-corrected chi connectivity index (χ4v) is 2.66. The fraction of sp³-hybridized carbons (Fsp3) is 0.0435. The summed E-state index contributed by atoms with van der Waals surface area (Å²) in [5.74, 6) is 1.95. The Bertz CT molecular complexity index is 1100. The topological polar surface area (TPSA) is 68.3 Å². The highest BCUT2D eigenvalue weighted by Gasteiger charge is 2.09. The first kappa shape index (κ1) is 17.4. The van der Waals surface area contributed by atoms with Crippen molar-refractivity contribution in [1.29, 1.82) is 5.26 Å². The first-order valence-electron chi connectivity index (χ1n) is 8.69. The molecule has 28 heavy (non-hydrogen) atoms. The van der Waals surface area contributed by atoms with Gasteiger partial charge in [0.05, 0.1) is 11.6 Å². The van der Waals surface area contributed by atoms with Crippen molar-refractivity contribution in [1.82, 2.24) is 4.98 Å². The van der Waals surface area contributed by atoms with Crippen molar-refractivity contribution in [2.45, 2.75) is 0 Å². The van der Waals surface area contributed by atoms with E-state index < -0.39 is 0 Å². The normalized spacial score (nSPS) is 10.2. The summed E-state index contributed by atoms with van der Waals surface area (Å²) >= 11 is 0. The summed E-state index contributed by atoms with van der Waals surface area (Å²) < 4.78 is 16.7. The molecular formula is C23H16N2O3. The lowest BCUT2D eigenvalue weighted by atomic mass is 10.1. The smallest absolute Gasteiger partial charge is 0.230 e. The molecule has 3 aromatic carbocycles. The number of aromatic nitrogens is 1. The van der Waals surface area contributed by atoms with Crippen molar-refractivity contribution in [3.8, 4) is 40.3 Å². The number of nitriles is 1. The van der Waals surface area contributed by atoms with Crippen LogP contribution in [0, 0.1) is 11.3 Å². The van der Waals surface area contributed by atoms with Gasteiger partial charge in [0.25, 0.3) is 0 Å². The third-order valence-electron chi connectivity index (χ3n) is 4.09. The Kier molecular flexibility index (Phi) is 5.03. The molecule has 0 bridgehead atoms. The van der Waals surface area contributed by atoms with Gasteiger partial charge in [0.1, 0.15) is 23.5 Å². The Morgan fingerprint density at radius 3 is 2.32 bits per heavy atom. The van der Waals surface area contributed by atoms with Crippen LogP contribution in [0.2, 0.25) is 0 Å². The molecule has 0 unspecified atom stereocenters. The summed E-state index contributed by atoms with van der Waals surface area (Å²) in [6.07, 6.45) is 1.59. The highest BCUT2D eigenvalue weighted by Crippen LogP contribution is 2.26. The first-order chi connectivity index (χ1) is 13.8. The van der Waals surface area contributed by atoms with Crippen LogP contribution < -0.4 is 9.47 Å². The van der Waals surface area contributed by atoms with E-state index >= 15 is 0 Å². The maximum Gasteiger partial charge on any atom is 0.230 e. The number of benzene rings is 3. The van der Waals surface area contributed by atoms with E-state index in [0.29, 0.717) is 22.9 Å². The molecule has 0 amide bonds. The molecule has 0 N–H and O–H groups in total. The van der Waals surface area contributed by atoms with Crippen molar-refractivity contribution in [2.24, 2.45) is 0 Å². The SMILES string of the molecule is N#Cc1cccc(-c2coc(-c3ccc(OCOc4ccccc4)cc3)n2)c1. The summed E-state index contributed by atoms with van der Waals surface area (Å²) in [5.41, 5.74) is 2.94. The number of oxazole rings is 1. The zero-order valence-electron chi connectivity index (χ0n) is 14.9. The van der Waals surface area contributed by atoms with E-state index in [-0.39, 0.29) is 6.79 Å². The van der Waals surface area contributed by atoms with Gasteiger partial charge in [-0.25, -0.2) is 4.98 Å². The predicted molar refractivity (Wildman–Crippen MR) is 105 cm³/mol. The third kappa shape index (κ3) is 4.02. The molecule has 0 radical (unpaired) electrons. The van der Waals surface area contributed by atoms with Gasteiger partial charge >= 0.3 is 0 Å². The molecule has 1 aromatic heterocycles. The van der Waals surface area contributed by atoms with Crippen molar-refractivity contribution < 1.29 is 13.9 Å². The minimum Gasteiger partial charge on any atom is -0.458 e. The Hall–Kier alpha value is -4.04. The lowest BCUT2D eigenvalue weighted by Gasteiger charge is -2.08. The number of hydrogen-bond acceptors (Lipinski definition) is 5. The average Bonchev–Trinajstić information content (AvgIpc) is 3.25. The maximum absolute atomic E-state index is 9.03. The Morgan fingerprint density at radius 2 is 1.57 bits per heavy atom. The Labute approximate surface area is 162 Å². The fourth-order valence-electron chi connectivity index (χ4n) is 2.66. The molecule has 0 saturated carbocycles. The molecular weight excluding hydrogens is 352 g/mol. The average molecular weight is 368 g/mol. The van der Waals surface area contributed by atoms with Gasteiger partial charge in [0.2, 0.25) is 12.7 Å². The van der Waals surface area contributed by atoms with Gasteiger partial charge < -0.3 is 13.9 Å². The number of rotatable bonds is 6. The summed E-state index contributed by atoms with van der Waals surface area (Å²) in [6, 6.07) is 26.3. The van der Waals surface area contributed by atoms with Crippen molar-refractivity contribution >= 4 is 0 Å². The number of ether oxygens (including phenoxy) is 2. The second-order valence-electron chi connectivity index (χ2n) is 5.97. The number of para-hydroxylation sites is 1. The van der Waals surface area contributed by atoms with Crippen LogP contribution in [0.1, 0.15) is 5.56 Å². The van der Waals surface area contributed by atoms with Crippen LogP contribution in [0.15, 0.2) is 89.5 Å². The van der Waals surface area contributed by atoms with Crippen molar-refractivity contribution in [3.05, 3.63) is 90.7 Å². The van der Waals surface area contributed by atoms with Crippen LogP contribution in [0.4, 0.5) is 0 Å². The Morgan fingerprint density at radius 1 is 0.821 bits per heavy atom. The summed E-state index contributed by atoms with van der Waals surface area (Å²) in [7, 11) is 0. The van der Waals surface area contributed by atoms with Crippen LogP contribution >= 0.6 is 0 Å². The number of nitrogens with zero attached hydrogens (tertiary/aromatic N) is 2. The van der Waals surface area contributed by atoms with Crippen LogP contribution in [0.25, 0.3) is 22.7 Å². The lowest BCUT2D eigenvalue weighted by molar-refractivity contribution is 0.120. The van der Waals surface area contributed by atoms with Gasteiger partial charge in [0, 0.05) is 11.1 Å². The van der Waals surface area contributed by atoms with Crippen LogP contribution in [-0.4, -0.2) is 11.8 Å². The minimum absolute atomic E-state index is 0.127. The van der Waals surface area contributed by atoms with E-state index in [9.17, 15) is 0 Å². The first-order valence-corrected chi connectivity index (χ1v) is 8.69. The Balaban J connectivity index is 1.41. The van der Waals surface area contributed by atoms with E-state index in [2.05, 4.69) is 11.1 Å². The monoisotopic (exact) mass is 368 g/mol. The molecule has 1 heterocycles. The van der Waals surface area contributed by atoms with Crippen LogP contribution in [0.3, 0.4) is 0 Å². The van der Waals surface area contributed by atoms with Gasteiger partial charge in [-0.15, -0.1) is 0 Å². The molecule has 0 saturated heterocycles. The molecule has 5 nitrogen and oxygen atoms in total. The predicted octanol–water partition coefficient (Wildman–Crippen LogP) is 5.30. The quantitative estimate of drug-likeness (QED) is 0.432. The summed E-state index contributed by atoms with van der Waals surface area (Å²) in [5, 5.41) is 9.03. The molecule has 0 atom stereocenters. The van der Waals surface area contributed by atoms with E-state index in [1.54, 1.807) is 18.4 Å². The van der Waals surface area contributed by atoms with E-state index in [0.717, 1.165) is 16.9 Å². The molecule has 0 aliphatic heterocycles. The maximum atomic E-state index is 9.03. The highest BCUT2D eigenvalue weighted by atomic mass is 16.7.